The number of ether oxygens (including phenoxy) is 2. The highest BCUT2D eigenvalue weighted by Gasteiger charge is 2.88. The Bertz CT molecular complexity index is 552. The number of carbonyl (C=O) groups excluding carboxylic acids is 2. The lowest BCUT2D eigenvalue weighted by Gasteiger charge is -2.38. The number of rotatable bonds is 4. The maximum Gasteiger partial charge on any atom is 0.430 e. The van der Waals surface area contributed by atoms with Gasteiger partial charge in [0.1, 0.15) is 6.61 Å². The Kier molecular flexibility index (Phi) is 4.80. The second kappa shape index (κ2) is 5.67. The molecule has 1 saturated heterocycles. The van der Waals surface area contributed by atoms with E-state index in [0.29, 0.717) is 0 Å². The summed E-state index contributed by atoms with van der Waals surface area (Å²) < 4.78 is 114. The van der Waals surface area contributed by atoms with Crippen molar-refractivity contribution in [3.05, 3.63) is 12.2 Å². The van der Waals surface area contributed by atoms with E-state index in [2.05, 4.69) is 16.1 Å². The van der Waals surface area contributed by atoms with Crippen molar-refractivity contribution >= 4 is 12.3 Å². The number of esters is 1. The van der Waals surface area contributed by atoms with E-state index in [9.17, 15) is 44.7 Å². The third-order valence-electron chi connectivity index (χ3n) is 3.54. The number of carbonyl (C=O) groups is 2. The monoisotopic (exact) mass is 370 g/mol. The van der Waals surface area contributed by atoms with Gasteiger partial charge in [0.05, 0.1) is 6.61 Å². The van der Waals surface area contributed by atoms with Crippen molar-refractivity contribution in [3.8, 4) is 0 Å². The normalized spacial score (nSPS) is 30.0. The van der Waals surface area contributed by atoms with Gasteiger partial charge < -0.3 is 9.47 Å². The van der Waals surface area contributed by atoms with E-state index in [1.54, 1.807) is 0 Å². The molecule has 2 atom stereocenters. The first kappa shape index (κ1) is 20.3. The van der Waals surface area contributed by atoms with Crippen LogP contribution in [-0.4, -0.2) is 49.3 Å². The van der Waals surface area contributed by atoms with Gasteiger partial charge in [-0.15, -0.1) is 0 Å². The fourth-order valence-electron chi connectivity index (χ4n) is 1.99. The standard InChI is InChI=1S/C12H10F8O4/c1-6(2)7(22)23-4-8(11(15,16)17)5-24-9(3-21,10(8,13)14)12(18,19)20/h3H,1,4-5H2,2H3. The average Bonchev–Trinajstić information content (AvgIpc) is 2.63. The lowest BCUT2D eigenvalue weighted by Crippen LogP contribution is -2.66. The largest absolute Gasteiger partial charge is 0.461 e. The molecule has 1 heterocycles. The van der Waals surface area contributed by atoms with Crippen LogP contribution in [0, 0.1) is 5.41 Å². The van der Waals surface area contributed by atoms with Crippen LogP contribution in [0.5, 0.6) is 0 Å². The molecule has 0 bridgehead atoms. The molecule has 0 saturated carbocycles. The first-order chi connectivity index (χ1) is 10.6. The molecule has 24 heavy (non-hydrogen) atoms. The van der Waals surface area contributed by atoms with Crippen molar-refractivity contribution in [3.63, 3.8) is 0 Å². The van der Waals surface area contributed by atoms with Crippen LogP contribution in [0.25, 0.3) is 0 Å². The van der Waals surface area contributed by atoms with Gasteiger partial charge in [0.25, 0.3) is 5.60 Å². The Morgan fingerprint density at radius 1 is 1.21 bits per heavy atom. The Hall–Kier alpha value is -1.72. The fraction of sp³-hybridized carbons (Fsp3) is 0.667. The molecule has 0 spiro atoms. The summed E-state index contributed by atoms with van der Waals surface area (Å²) in [6.07, 6.45) is -13.5. The van der Waals surface area contributed by atoms with Gasteiger partial charge in [-0.1, -0.05) is 6.58 Å². The molecule has 1 fully saturated rings. The molecular formula is C12H10F8O4. The summed E-state index contributed by atoms with van der Waals surface area (Å²) in [6, 6.07) is 0. The molecule has 1 aliphatic rings. The van der Waals surface area contributed by atoms with E-state index in [1.165, 1.54) is 0 Å². The molecule has 0 aromatic carbocycles. The van der Waals surface area contributed by atoms with Crippen LogP contribution in [0.4, 0.5) is 35.1 Å². The van der Waals surface area contributed by atoms with Crippen molar-refractivity contribution < 1.29 is 54.2 Å². The zero-order valence-corrected chi connectivity index (χ0v) is 11.9. The quantitative estimate of drug-likeness (QED) is 0.331. The summed E-state index contributed by atoms with van der Waals surface area (Å²) in [6.45, 7) is -0.432. The minimum Gasteiger partial charge on any atom is -0.461 e. The molecule has 0 aliphatic carbocycles. The highest BCUT2D eigenvalue weighted by Crippen LogP contribution is 2.63. The smallest absolute Gasteiger partial charge is 0.430 e. The topological polar surface area (TPSA) is 52.6 Å². The molecular weight excluding hydrogens is 360 g/mol. The Morgan fingerprint density at radius 3 is 2.00 bits per heavy atom. The van der Waals surface area contributed by atoms with Crippen LogP contribution in [0.2, 0.25) is 0 Å². The predicted octanol–water partition coefficient (Wildman–Crippen LogP) is 2.82. The second-order valence-electron chi connectivity index (χ2n) is 5.15. The van der Waals surface area contributed by atoms with Crippen LogP contribution < -0.4 is 0 Å². The molecule has 1 aliphatic heterocycles. The van der Waals surface area contributed by atoms with E-state index >= 15 is 0 Å². The fourth-order valence-corrected chi connectivity index (χ4v) is 1.99. The maximum absolute atomic E-state index is 14.2. The molecule has 0 N–H and O–H groups in total. The highest BCUT2D eigenvalue weighted by atomic mass is 19.4. The van der Waals surface area contributed by atoms with Gasteiger partial charge in [-0.25, -0.2) is 13.6 Å². The average molecular weight is 370 g/mol. The van der Waals surface area contributed by atoms with Crippen LogP contribution in [0.1, 0.15) is 6.92 Å². The van der Waals surface area contributed by atoms with E-state index < -0.39 is 60.3 Å². The molecule has 0 amide bonds. The van der Waals surface area contributed by atoms with Gasteiger partial charge in [-0.2, -0.15) is 26.3 Å². The van der Waals surface area contributed by atoms with E-state index in [-0.39, 0.29) is 0 Å². The van der Waals surface area contributed by atoms with E-state index in [4.69, 9.17) is 0 Å². The van der Waals surface area contributed by atoms with Crippen molar-refractivity contribution in [2.45, 2.75) is 30.8 Å². The molecule has 138 valence electrons. The van der Waals surface area contributed by atoms with Crippen LogP contribution in [0.15, 0.2) is 12.2 Å². The third-order valence-corrected chi connectivity index (χ3v) is 3.54. The molecule has 12 heteroatoms. The zero-order chi connectivity index (χ0) is 19.2. The van der Waals surface area contributed by atoms with Crippen LogP contribution in [-0.2, 0) is 19.1 Å². The van der Waals surface area contributed by atoms with Gasteiger partial charge in [0.15, 0.2) is 11.7 Å². The third kappa shape index (κ3) is 2.56. The van der Waals surface area contributed by atoms with Gasteiger partial charge >= 0.3 is 24.2 Å². The Balaban J connectivity index is 3.45. The molecule has 4 nitrogen and oxygen atoms in total. The van der Waals surface area contributed by atoms with Gasteiger partial charge in [-0.3, -0.25) is 4.79 Å². The SMILES string of the molecule is C=C(C)C(=O)OCC1(C(F)(F)F)COC(C=O)(C(F)(F)F)C1(F)F. The van der Waals surface area contributed by atoms with E-state index in [0.717, 1.165) is 6.92 Å². The number of alkyl halides is 8. The summed E-state index contributed by atoms with van der Waals surface area (Å²) in [4.78, 5) is 21.8. The van der Waals surface area contributed by atoms with Crippen molar-refractivity contribution in [1.29, 1.82) is 0 Å². The van der Waals surface area contributed by atoms with E-state index in [1.807, 2.05) is 0 Å². The number of aldehydes is 1. The maximum atomic E-state index is 14.2. The second-order valence-corrected chi connectivity index (χ2v) is 5.15. The highest BCUT2D eigenvalue weighted by molar-refractivity contribution is 5.87. The first-order valence-corrected chi connectivity index (χ1v) is 6.04. The summed E-state index contributed by atoms with van der Waals surface area (Å²) in [5, 5.41) is 0. The molecule has 2 unspecified atom stereocenters. The predicted molar refractivity (Wildman–Crippen MR) is 60.0 cm³/mol. The van der Waals surface area contributed by atoms with Crippen molar-refractivity contribution in [2.75, 3.05) is 13.2 Å². The number of halogens is 8. The summed E-state index contributed by atoms with van der Waals surface area (Å²) in [5.41, 5.74) is -10.0. The summed E-state index contributed by atoms with van der Waals surface area (Å²) >= 11 is 0. The van der Waals surface area contributed by atoms with Crippen molar-refractivity contribution in [1.82, 2.24) is 0 Å². The number of hydrogen-bond donors (Lipinski definition) is 0. The number of hydrogen-bond acceptors (Lipinski definition) is 4. The summed E-state index contributed by atoms with van der Waals surface area (Å²) in [7, 11) is 0. The molecule has 1 rings (SSSR count). The van der Waals surface area contributed by atoms with Crippen LogP contribution in [0.3, 0.4) is 0 Å². The Morgan fingerprint density at radius 2 is 1.71 bits per heavy atom. The van der Waals surface area contributed by atoms with Crippen LogP contribution >= 0.6 is 0 Å². The summed E-state index contributed by atoms with van der Waals surface area (Å²) in [5.74, 6) is -7.31. The minimum absolute atomic E-state index is 0.466. The molecule has 0 radical (unpaired) electrons. The van der Waals surface area contributed by atoms with Gasteiger partial charge in [0.2, 0.25) is 0 Å². The van der Waals surface area contributed by atoms with Gasteiger partial charge in [0, 0.05) is 5.57 Å². The minimum atomic E-state index is -6.14. The lowest BCUT2D eigenvalue weighted by molar-refractivity contribution is -0.335. The van der Waals surface area contributed by atoms with Gasteiger partial charge in [-0.05, 0) is 6.92 Å². The molecule has 0 aromatic rings. The zero-order valence-electron chi connectivity index (χ0n) is 11.9. The first-order valence-electron chi connectivity index (χ1n) is 6.04. The molecule has 0 aromatic heterocycles. The van der Waals surface area contributed by atoms with Crippen molar-refractivity contribution in [2.24, 2.45) is 5.41 Å². The Labute approximate surface area is 129 Å². The lowest BCUT2D eigenvalue weighted by atomic mass is 9.76.